The van der Waals surface area contributed by atoms with Crippen LogP contribution >= 0.6 is 0 Å². The zero-order valence-corrected chi connectivity index (χ0v) is 10.4. The van der Waals surface area contributed by atoms with Crippen LogP contribution in [-0.4, -0.2) is 30.2 Å². The van der Waals surface area contributed by atoms with Gasteiger partial charge in [-0.15, -0.1) is 0 Å². The van der Waals surface area contributed by atoms with E-state index in [9.17, 15) is 0 Å². The first-order valence-corrected chi connectivity index (χ1v) is 5.75. The zero-order chi connectivity index (χ0) is 11.4. The van der Waals surface area contributed by atoms with Gasteiger partial charge in [0, 0.05) is 17.8 Å². The topological polar surface area (TPSA) is 12.5 Å². The van der Waals surface area contributed by atoms with Gasteiger partial charge >= 0.3 is 0 Å². The molecule has 2 atom stereocenters. The third-order valence-electron chi connectivity index (χ3n) is 2.67. The maximum atomic E-state index is 5.49. The predicted octanol–water partition coefficient (Wildman–Crippen LogP) is 2.82. The normalized spacial score (nSPS) is 27.7. The van der Waals surface area contributed by atoms with Crippen LogP contribution in [0.4, 0.5) is 0 Å². The Balaban J connectivity index is 2.63. The predicted molar refractivity (Wildman–Crippen MR) is 64.7 cm³/mol. The van der Waals surface area contributed by atoms with Crippen LogP contribution in [0.1, 0.15) is 27.7 Å². The fourth-order valence-electron chi connectivity index (χ4n) is 1.96. The lowest BCUT2D eigenvalue weighted by molar-refractivity contribution is -0.0162. The van der Waals surface area contributed by atoms with Gasteiger partial charge in [-0.1, -0.05) is 26.5 Å². The molecule has 1 aliphatic heterocycles. The molecule has 0 radical (unpaired) electrons. The van der Waals surface area contributed by atoms with E-state index in [4.69, 9.17) is 4.74 Å². The van der Waals surface area contributed by atoms with Gasteiger partial charge in [0.15, 0.2) is 0 Å². The van der Waals surface area contributed by atoms with Crippen LogP contribution in [0.25, 0.3) is 0 Å². The maximum Gasteiger partial charge on any atom is 0.0668 e. The third-order valence-corrected chi connectivity index (χ3v) is 2.67. The average Bonchev–Trinajstić information content (AvgIpc) is 2.14. The molecule has 0 unspecified atom stereocenters. The molecular formula is C13H23NO. The number of hydrogen-bond acceptors (Lipinski definition) is 2. The van der Waals surface area contributed by atoms with Gasteiger partial charge in [-0.25, -0.2) is 0 Å². The van der Waals surface area contributed by atoms with Crippen molar-refractivity contribution in [1.29, 1.82) is 0 Å². The van der Waals surface area contributed by atoms with Gasteiger partial charge in [0.25, 0.3) is 0 Å². The first-order valence-electron chi connectivity index (χ1n) is 5.75. The number of nitrogens with zero attached hydrogens (tertiary/aromatic N) is 1. The summed E-state index contributed by atoms with van der Waals surface area (Å²) in [5.74, 6) is 0.577. The van der Waals surface area contributed by atoms with Crippen molar-refractivity contribution in [3.63, 3.8) is 0 Å². The monoisotopic (exact) mass is 209 g/mol. The van der Waals surface area contributed by atoms with E-state index in [-0.39, 0.29) is 0 Å². The molecule has 0 amide bonds. The number of morpholine rings is 1. The van der Waals surface area contributed by atoms with E-state index in [1.54, 1.807) is 0 Å². The van der Waals surface area contributed by atoms with Gasteiger partial charge in [-0.2, -0.15) is 0 Å². The summed E-state index contributed by atoms with van der Waals surface area (Å²) in [7, 11) is 0. The Kier molecular flexibility index (Phi) is 4.40. The van der Waals surface area contributed by atoms with Crippen LogP contribution in [-0.2, 0) is 4.74 Å². The SMILES string of the molecule is C=C(/C=C/C(C)C)N1[C@@H](C)COC[C@@H]1C. The van der Waals surface area contributed by atoms with Crippen molar-refractivity contribution in [1.82, 2.24) is 4.90 Å². The van der Waals surface area contributed by atoms with Crippen LogP contribution in [0.2, 0.25) is 0 Å². The summed E-state index contributed by atoms with van der Waals surface area (Å²) in [6.07, 6.45) is 4.32. The Morgan fingerprint density at radius 3 is 2.33 bits per heavy atom. The Morgan fingerprint density at radius 2 is 1.87 bits per heavy atom. The molecule has 0 aromatic heterocycles. The minimum Gasteiger partial charge on any atom is -0.377 e. The average molecular weight is 209 g/mol. The van der Waals surface area contributed by atoms with Crippen molar-refractivity contribution in [2.75, 3.05) is 13.2 Å². The number of hydrogen-bond donors (Lipinski definition) is 0. The molecule has 0 aliphatic carbocycles. The second-order valence-electron chi connectivity index (χ2n) is 4.74. The minimum absolute atomic E-state index is 0.429. The second-order valence-corrected chi connectivity index (χ2v) is 4.74. The Bertz CT molecular complexity index is 235. The van der Waals surface area contributed by atoms with Crippen LogP contribution < -0.4 is 0 Å². The van der Waals surface area contributed by atoms with Crippen LogP contribution in [0, 0.1) is 5.92 Å². The van der Waals surface area contributed by atoms with Gasteiger partial charge < -0.3 is 9.64 Å². The molecule has 2 heteroatoms. The minimum atomic E-state index is 0.429. The lowest BCUT2D eigenvalue weighted by Crippen LogP contribution is -2.48. The molecule has 0 N–H and O–H groups in total. The van der Waals surface area contributed by atoms with E-state index >= 15 is 0 Å². The van der Waals surface area contributed by atoms with E-state index in [1.807, 2.05) is 0 Å². The molecule has 86 valence electrons. The molecule has 1 aliphatic rings. The van der Waals surface area contributed by atoms with Crippen molar-refractivity contribution in [2.45, 2.75) is 39.8 Å². The lowest BCUT2D eigenvalue weighted by Gasteiger charge is -2.41. The van der Waals surface area contributed by atoms with Crippen molar-refractivity contribution in [3.8, 4) is 0 Å². The molecule has 1 saturated heterocycles. The molecule has 1 heterocycles. The Hall–Kier alpha value is -0.760. The van der Waals surface area contributed by atoms with Gasteiger partial charge in [-0.05, 0) is 25.8 Å². The van der Waals surface area contributed by atoms with Gasteiger partial charge in [0.1, 0.15) is 0 Å². The largest absolute Gasteiger partial charge is 0.377 e. The van der Waals surface area contributed by atoms with Gasteiger partial charge in [0.05, 0.1) is 13.2 Å². The summed E-state index contributed by atoms with van der Waals surface area (Å²) in [6, 6.07) is 0.858. The second kappa shape index (κ2) is 5.36. The fourth-order valence-corrected chi connectivity index (χ4v) is 1.96. The summed E-state index contributed by atoms with van der Waals surface area (Å²) >= 11 is 0. The fraction of sp³-hybridized carbons (Fsp3) is 0.692. The van der Waals surface area contributed by atoms with E-state index < -0.39 is 0 Å². The van der Waals surface area contributed by atoms with Crippen molar-refractivity contribution in [2.24, 2.45) is 5.92 Å². The molecule has 0 spiro atoms. The highest BCUT2D eigenvalue weighted by molar-refractivity contribution is 5.16. The highest BCUT2D eigenvalue weighted by Crippen LogP contribution is 2.19. The summed E-state index contributed by atoms with van der Waals surface area (Å²) in [4.78, 5) is 2.35. The molecule has 0 aromatic carbocycles. The van der Waals surface area contributed by atoms with Crippen molar-refractivity contribution >= 4 is 0 Å². The molecule has 0 aromatic rings. The molecule has 1 rings (SSSR count). The summed E-state index contributed by atoms with van der Waals surface area (Å²) < 4.78 is 5.49. The number of allylic oxidation sites excluding steroid dienone is 2. The molecule has 15 heavy (non-hydrogen) atoms. The highest BCUT2D eigenvalue weighted by atomic mass is 16.5. The summed E-state index contributed by atoms with van der Waals surface area (Å²) in [5.41, 5.74) is 1.10. The lowest BCUT2D eigenvalue weighted by atomic mass is 10.1. The smallest absolute Gasteiger partial charge is 0.0668 e. The quantitative estimate of drug-likeness (QED) is 0.663. The maximum absolute atomic E-state index is 5.49. The van der Waals surface area contributed by atoms with Gasteiger partial charge in [0.2, 0.25) is 0 Å². The molecule has 0 saturated carbocycles. The van der Waals surface area contributed by atoms with Crippen LogP contribution in [0.5, 0.6) is 0 Å². The van der Waals surface area contributed by atoms with Crippen LogP contribution in [0.15, 0.2) is 24.4 Å². The highest BCUT2D eigenvalue weighted by Gasteiger charge is 2.24. The zero-order valence-electron chi connectivity index (χ0n) is 10.4. The molecule has 0 bridgehead atoms. The first kappa shape index (κ1) is 12.3. The van der Waals surface area contributed by atoms with Crippen molar-refractivity contribution in [3.05, 3.63) is 24.4 Å². The standard InChI is InChI=1S/C13H23NO/c1-10(2)6-7-11(3)14-12(4)8-15-9-13(14)5/h6-7,10,12-13H,3,8-9H2,1-2,4-5H3/b7-6+/t12-,13-/m0/s1. The summed E-state index contributed by atoms with van der Waals surface area (Å²) in [6.45, 7) is 14.5. The number of ether oxygens (including phenoxy) is 1. The summed E-state index contributed by atoms with van der Waals surface area (Å²) in [5, 5.41) is 0. The molecule has 2 nitrogen and oxygen atoms in total. The van der Waals surface area contributed by atoms with Crippen LogP contribution in [0.3, 0.4) is 0 Å². The molecule has 1 fully saturated rings. The third kappa shape index (κ3) is 3.38. The van der Waals surface area contributed by atoms with E-state index in [0.29, 0.717) is 18.0 Å². The Morgan fingerprint density at radius 1 is 1.33 bits per heavy atom. The van der Waals surface area contributed by atoms with E-state index in [1.165, 1.54) is 0 Å². The van der Waals surface area contributed by atoms with E-state index in [0.717, 1.165) is 18.9 Å². The Labute approximate surface area is 93.6 Å². The molecular weight excluding hydrogens is 186 g/mol. The van der Waals surface area contributed by atoms with Crippen molar-refractivity contribution < 1.29 is 4.74 Å². The van der Waals surface area contributed by atoms with E-state index in [2.05, 4.69) is 51.3 Å². The van der Waals surface area contributed by atoms with Gasteiger partial charge in [-0.3, -0.25) is 0 Å². The number of rotatable bonds is 3. The first-order chi connectivity index (χ1) is 7.02.